The monoisotopic (exact) mass is 297 g/mol. The zero-order valence-corrected chi connectivity index (χ0v) is 11.3. The molecule has 2 heterocycles. The van der Waals surface area contributed by atoms with Crippen LogP contribution in [0.25, 0.3) is 0 Å². The van der Waals surface area contributed by atoms with Gasteiger partial charge in [0.15, 0.2) is 0 Å². The molecule has 0 bridgehead atoms. The molecule has 2 fully saturated rings. The molecule has 17 heavy (non-hydrogen) atoms. The fourth-order valence-electron chi connectivity index (χ4n) is 2.84. The Hall–Kier alpha value is -0.840. The molecule has 4 nitrogen and oxygen atoms in total. The normalized spacial score (nSPS) is 26.1. The van der Waals surface area contributed by atoms with Crippen LogP contribution >= 0.6 is 15.9 Å². The number of anilines is 1. The minimum Gasteiger partial charge on any atom is -0.296 e. The van der Waals surface area contributed by atoms with E-state index in [0.29, 0.717) is 12.5 Å². The Labute approximate surface area is 109 Å². The van der Waals surface area contributed by atoms with Gasteiger partial charge < -0.3 is 0 Å². The maximum Gasteiger partial charge on any atom is 0.229 e. The van der Waals surface area contributed by atoms with Gasteiger partial charge in [0.05, 0.1) is 12.2 Å². The number of halogens is 1. The van der Waals surface area contributed by atoms with Crippen molar-refractivity contribution in [1.82, 2.24) is 9.78 Å². The first-order valence-corrected chi connectivity index (χ1v) is 7.15. The molecule has 1 aliphatic heterocycles. The molecule has 1 amide bonds. The molecule has 0 spiro atoms. The molecule has 1 saturated carbocycles. The third kappa shape index (κ3) is 2.01. The Bertz CT molecular complexity index is 425. The summed E-state index contributed by atoms with van der Waals surface area (Å²) in [5, 5.41) is 4.41. The van der Waals surface area contributed by atoms with Gasteiger partial charge in [-0.2, -0.15) is 5.10 Å². The Morgan fingerprint density at radius 2 is 2.12 bits per heavy atom. The van der Waals surface area contributed by atoms with E-state index in [-0.39, 0.29) is 10.7 Å². The quantitative estimate of drug-likeness (QED) is 0.787. The van der Waals surface area contributed by atoms with Crippen molar-refractivity contribution >= 4 is 27.7 Å². The average Bonchev–Trinajstić information content (AvgIpc) is 2.97. The Balaban J connectivity index is 1.88. The van der Waals surface area contributed by atoms with Crippen molar-refractivity contribution in [2.24, 2.45) is 0 Å². The van der Waals surface area contributed by atoms with Crippen molar-refractivity contribution < 1.29 is 4.79 Å². The van der Waals surface area contributed by atoms with Gasteiger partial charge in [-0.25, -0.2) is 4.68 Å². The summed E-state index contributed by atoms with van der Waals surface area (Å²) in [4.78, 5) is 14.1. The summed E-state index contributed by atoms with van der Waals surface area (Å²) in [5.74, 6) is 1.18. The molecule has 1 aromatic rings. The topological polar surface area (TPSA) is 38.1 Å². The highest BCUT2D eigenvalue weighted by atomic mass is 79.9. The first-order valence-electron chi connectivity index (χ1n) is 6.23. The highest BCUT2D eigenvalue weighted by Crippen LogP contribution is 2.34. The third-order valence-corrected chi connectivity index (χ3v) is 4.29. The highest BCUT2D eigenvalue weighted by Gasteiger charge is 2.32. The molecule has 1 aromatic heterocycles. The van der Waals surface area contributed by atoms with E-state index in [9.17, 15) is 4.79 Å². The summed E-state index contributed by atoms with van der Waals surface area (Å²) in [5.41, 5.74) is 0. The van der Waals surface area contributed by atoms with E-state index in [1.807, 2.05) is 17.2 Å². The predicted octanol–water partition coefficient (Wildman–Crippen LogP) is 2.50. The number of hydrogen-bond acceptors (Lipinski definition) is 2. The van der Waals surface area contributed by atoms with Crippen molar-refractivity contribution in [1.29, 1.82) is 0 Å². The van der Waals surface area contributed by atoms with Crippen LogP contribution in [0.4, 0.5) is 5.82 Å². The van der Waals surface area contributed by atoms with Crippen LogP contribution in [0.5, 0.6) is 0 Å². The summed E-state index contributed by atoms with van der Waals surface area (Å²) < 4.78 is 2.05. The lowest BCUT2D eigenvalue weighted by Crippen LogP contribution is -2.28. The molecule has 3 rings (SSSR count). The maximum absolute atomic E-state index is 11.9. The standard InChI is InChI=1S/C12H16BrN3O/c13-9-7-12(17)15(8-9)11-5-6-14-16(11)10-3-1-2-4-10/h5-6,9-10H,1-4,7-8H2. The van der Waals surface area contributed by atoms with Crippen LogP contribution in [0.15, 0.2) is 12.3 Å². The van der Waals surface area contributed by atoms with Gasteiger partial charge in [0, 0.05) is 23.9 Å². The maximum atomic E-state index is 11.9. The van der Waals surface area contributed by atoms with E-state index in [0.717, 1.165) is 12.4 Å². The van der Waals surface area contributed by atoms with Gasteiger partial charge in [0.1, 0.15) is 5.82 Å². The smallest absolute Gasteiger partial charge is 0.229 e. The second-order valence-corrected chi connectivity index (χ2v) is 6.17. The van der Waals surface area contributed by atoms with Crippen molar-refractivity contribution in [3.05, 3.63) is 12.3 Å². The van der Waals surface area contributed by atoms with Gasteiger partial charge in [0.25, 0.3) is 0 Å². The van der Waals surface area contributed by atoms with Crippen molar-refractivity contribution in [3.8, 4) is 0 Å². The van der Waals surface area contributed by atoms with Crippen LogP contribution in [0.3, 0.4) is 0 Å². The summed E-state index contributed by atoms with van der Waals surface area (Å²) in [6.45, 7) is 0.761. The molecule has 0 radical (unpaired) electrons. The molecule has 0 aromatic carbocycles. The minimum absolute atomic E-state index is 0.201. The molecule has 2 aliphatic rings. The van der Waals surface area contributed by atoms with Gasteiger partial charge in [-0.3, -0.25) is 9.69 Å². The molecule has 0 N–H and O–H groups in total. The number of carbonyl (C=O) groups excluding carboxylic acids is 1. The molecule has 1 aliphatic carbocycles. The zero-order valence-electron chi connectivity index (χ0n) is 9.68. The molecule has 5 heteroatoms. The number of carbonyl (C=O) groups is 1. The van der Waals surface area contributed by atoms with Crippen LogP contribution < -0.4 is 4.90 Å². The van der Waals surface area contributed by atoms with Crippen LogP contribution in [0.1, 0.15) is 38.1 Å². The van der Waals surface area contributed by atoms with Crippen molar-refractivity contribution in [2.75, 3.05) is 11.4 Å². The van der Waals surface area contributed by atoms with E-state index in [2.05, 4.69) is 25.7 Å². The number of nitrogens with zero attached hydrogens (tertiary/aromatic N) is 3. The van der Waals surface area contributed by atoms with E-state index in [1.165, 1.54) is 25.7 Å². The largest absolute Gasteiger partial charge is 0.296 e. The summed E-state index contributed by atoms with van der Waals surface area (Å²) >= 11 is 3.52. The predicted molar refractivity (Wildman–Crippen MR) is 69.4 cm³/mol. The lowest BCUT2D eigenvalue weighted by molar-refractivity contribution is -0.117. The molecule has 1 saturated heterocycles. The highest BCUT2D eigenvalue weighted by molar-refractivity contribution is 9.09. The first-order chi connectivity index (χ1) is 8.25. The van der Waals surface area contributed by atoms with E-state index in [1.54, 1.807) is 0 Å². The SMILES string of the molecule is O=C1CC(Br)CN1c1ccnn1C1CCCC1. The average molecular weight is 298 g/mol. The number of amides is 1. The van der Waals surface area contributed by atoms with Gasteiger partial charge in [-0.1, -0.05) is 28.8 Å². The number of aromatic nitrogens is 2. The van der Waals surface area contributed by atoms with Gasteiger partial charge in [-0.05, 0) is 12.8 Å². The summed E-state index contributed by atoms with van der Waals surface area (Å²) in [6.07, 6.45) is 7.33. The zero-order chi connectivity index (χ0) is 11.8. The van der Waals surface area contributed by atoms with Crippen molar-refractivity contribution in [3.63, 3.8) is 0 Å². The van der Waals surface area contributed by atoms with E-state index in [4.69, 9.17) is 0 Å². The molecule has 1 atom stereocenters. The third-order valence-electron chi connectivity index (χ3n) is 3.67. The van der Waals surface area contributed by atoms with E-state index >= 15 is 0 Å². The second-order valence-electron chi connectivity index (χ2n) is 4.88. The lowest BCUT2D eigenvalue weighted by Gasteiger charge is -2.20. The molecular formula is C12H16BrN3O. The number of rotatable bonds is 2. The van der Waals surface area contributed by atoms with Crippen LogP contribution in [-0.4, -0.2) is 27.1 Å². The lowest BCUT2D eigenvalue weighted by atomic mass is 10.2. The fourth-order valence-corrected chi connectivity index (χ4v) is 3.40. The minimum atomic E-state index is 0.201. The van der Waals surface area contributed by atoms with E-state index < -0.39 is 0 Å². The van der Waals surface area contributed by atoms with Gasteiger partial charge in [0.2, 0.25) is 5.91 Å². The van der Waals surface area contributed by atoms with Crippen LogP contribution in [-0.2, 0) is 4.79 Å². The van der Waals surface area contributed by atoms with Crippen LogP contribution in [0.2, 0.25) is 0 Å². The van der Waals surface area contributed by atoms with Gasteiger partial charge >= 0.3 is 0 Å². The van der Waals surface area contributed by atoms with Crippen LogP contribution in [0, 0.1) is 0 Å². The molecular weight excluding hydrogens is 282 g/mol. The Morgan fingerprint density at radius 1 is 1.35 bits per heavy atom. The Kier molecular flexibility index (Phi) is 2.94. The second kappa shape index (κ2) is 4.44. The number of alkyl halides is 1. The first kappa shape index (κ1) is 11.3. The summed E-state index contributed by atoms with van der Waals surface area (Å²) in [6, 6.07) is 2.45. The summed E-state index contributed by atoms with van der Waals surface area (Å²) in [7, 11) is 0. The molecule has 92 valence electrons. The Morgan fingerprint density at radius 3 is 2.76 bits per heavy atom. The van der Waals surface area contributed by atoms with Crippen molar-refractivity contribution in [2.45, 2.75) is 43.0 Å². The fraction of sp³-hybridized carbons (Fsp3) is 0.667. The number of hydrogen-bond donors (Lipinski definition) is 0. The van der Waals surface area contributed by atoms with Gasteiger partial charge in [-0.15, -0.1) is 0 Å². The molecule has 1 unspecified atom stereocenters.